The van der Waals surface area contributed by atoms with Gasteiger partial charge in [-0.15, -0.1) is 0 Å². The molecule has 0 aromatic rings. The van der Waals surface area contributed by atoms with Crippen LogP contribution in [0.1, 0.15) is 341 Å². The number of amides is 1. The number of unbranched alkanes of at least 4 members (excludes halogenated alkanes) is 45. The molecule has 0 aromatic heterocycles. The molecule has 7 atom stereocenters. The number of ether oxygens (including phenoxy) is 2. The Morgan fingerprint density at radius 1 is 0.447 bits per heavy atom. The van der Waals surface area contributed by atoms with Gasteiger partial charge in [-0.05, 0) is 44.9 Å². The molecule has 1 saturated heterocycles. The number of hydrogen-bond acceptors (Lipinski definition) is 8. The van der Waals surface area contributed by atoms with Gasteiger partial charge in [0.05, 0.1) is 25.4 Å². The summed E-state index contributed by atoms with van der Waals surface area (Å²) >= 11 is 0. The maximum absolute atomic E-state index is 13.1. The molecule has 0 bridgehead atoms. The Morgan fingerprint density at radius 2 is 0.776 bits per heavy atom. The van der Waals surface area contributed by atoms with E-state index in [9.17, 15) is 30.3 Å². The molecule has 9 heteroatoms. The van der Waals surface area contributed by atoms with Gasteiger partial charge in [0.15, 0.2) is 6.29 Å². The third kappa shape index (κ3) is 45.4. The molecule has 1 aliphatic rings. The zero-order valence-corrected chi connectivity index (χ0v) is 50.3. The predicted molar refractivity (Wildman–Crippen MR) is 323 cm³/mol. The van der Waals surface area contributed by atoms with Crippen LogP contribution in [0.4, 0.5) is 0 Å². The van der Waals surface area contributed by atoms with E-state index < -0.39 is 49.5 Å². The first-order valence-corrected chi connectivity index (χ1v) is 33.5. The van der Waals surface area contributed by atoms with Gasteiger partial charge in [-0.25, -0.2) is 0 Å². The molecule has 1 amide bonds. The molecule has 450 valence electrons. The van der Waals surface area contributed by atoms with Crippen molar-refractivity contribution in [2.24, 2.45) is 0 Å². The first-order valence-electron chi connectivity index (χ1n) is 33.5. The molecule has 0 spiro atoms. The van der Waals surface area contributed by atoms with Crippen molar-refractivity contribution in [2.45, 2.75) is 384 Å². The number of rotatable bonds is 59. The summed E-state index contributed by atoms with van der Waals surface area (Å²) in [5.41, 5.74) is 0. The van der Waals surface area contributed by atoms with Crippen molar-refractivity contribution >= 4 is 5.91 Å². The molecule has 9 nitrogen and oxygen atoms in total. The lowest BCUT2D eigenvalue weighted by molar-refractivity contribution is -0.302. The molecule has 0 aliphatic carbocycles. The van der Waals surface area contributed by atoms with Crippen molar-refractivity contribution in [3.05, 3.63) is 24.3 Å². The standard InChI is InChI=1S/C67H129NO8/c1-3-5-7-9-11-13-15-17-19-21-23-25-27-28-29-30-31-32-33-34-35-37-39-41-43-45-47-49-51-53-55-57-63(71)68-60(59-75-67-66(74)65(73)64(72)62(58-69)76-67)61(70)56-54-52-50-48-46-44-42-40-38-36-26-24-22-20-18-16-14-12-10-8-6-4-2/h23,25,28-29,60-62,64-67,69-70,72-74H,3-22,24,26-27,30-59H2,1-2H3,(H,68,71)/b25-23-,29-28-. The Labute approximate surface area is 470 Å². The molecule has 1 rings (SSSR count). The summed E-state index contributed by atoms with van der Waals surface area (Å²) < 4.78 is 11.4. The minimum Gasteiger partial charge on any atom is -0.394 e. The molecule has 76 heavy (non-hydrogen) atoms. The highest BCUT2D eigenvalue weighted by molar-refractivity contribution is 5.76. The van der Waals surface area contributed by atoms with Crippen molar-refractivity contribution in [1.29, 1.82) is 0 Å². The van der Waals surface area contributed by atoms with E-state index in [2.05, 4.69) is 43.5 Å². The summed E-state index contributed by atoms with van der Waals surface area (Å²) in [6.45, 7) is 3.89. The largest absolute Gasteiger partial charge is 0.394 e. The second-order valence-corrected chi connectivity index (χ2v) is 23.6. The Morgan fingerprint density at radius 3 is 1.13 bits per heavy atom. The molecule has 6 N–H and O–H groups in total. The van der Waals surface area contributed by atoms with Crippen LogP contribution in [0, 0.1) is 0 Å². The van der Waals surface area contributed by atoms with Crippen LogP contribution in [0.25, 0.3) is 0 Å². The van der Waals surface area contributed by atoms with Crippen LogP contribution in [-0.4, -0.2) is 87.5 Å². The van der Waals surface area contributed by atoms with E-state index in [1.165, 1.54) is 270 Å². The number of carbonyl (C=O) groups excluding carboxylic acids is 1. The predicted octanol–water partition coefficient (Wildman–Crippen LogP) is 17.7. The Balaban J connectivity index is 2.12. The van der Waals surface area contributed by atoms with Crippen LogP contribution in [0.2, 0.25) is 0 Å². The third-order valence-electron chi connectivity index (χ3n) is 16.3. The molecular formula is C67H129NO8. The number of allylic oxidation sites excluding steroid dienone is 4. The summed E-state index contributed by atoms with van der Waals surface area (Å²) in [5, 5.41) is 54.9. The van der Waals surface area contributed by atoms with Gasteiger partial charge in [0.25, 0.3) is 0 Å². The van der Waals surface area contributed by atoms with Gasteiger partial charge in [-0.3, -0.25) is 4.79 Å². The molecule has 7 unspecified atom stereocenters. The van der Waals surface area contributed by atoms with Crippen molar-refractivity contribution < 1.29 is 39.8 Å². The molecule has 1 aliphatic heterocycles. The van der Waals surface area contributed by atoms with E-state index in [1.54, 1.807) is 0 Å². The smallest absolute Gasteiger partial charge is 0.220 e. The molecule has 0 saturated carbocycles. The third-order valence-corrected chi connectivity index (χ3v) is 16.3. The number of carbonyl (C=O) groups is 1. The van der Waals surface area contributed by atoms with Crippen LogP contribution in [0.5, 0.6) is 0 Å². The summed E-state index contributed by atoms with van der Waals surface area (Å²) in [6.07, 6.45) is 66.6. The van der Waals surface area contributed by atoms with Crippen LogP contribution in [0.15, 0.2) is 24.3 Å². The van der Waals surface area contributed by atoms with E-state index in [1.807, 2.05) is 0 Å². The van der Waals surface area contributed by atoms with Crippen LogP contribution in [0.3, 0.4) is 0 Å². The minimum atomic E-state index is -1.55. The molecular weight excluding hydrogens is 947 g/mol. The lowest BCUT2D eigenvalue weighted by Gasteiger charge is -2.40. The first kappa shape index (κ1) is 72.7. The van der Waals surface area contributed by atoms with Crippen molar-refractivity contribution in [2.75, 3.05) is 13.2 Å². The second kappa shape index (κ2) is 56.9. The average molecular weight is 1080 g/mol. The van der Waals surface area contributed by atoms with Gasteiger partial charge < -0.3 is 40.3 Å². The highest BCUT2D eigenvalue weighted by Crippen LogP contribution is 2.24. The lowest BCUT2D eigenvalue weighted by Crippen LogP contribution is -2.60. The van der Waals surface area contributed by atoms with Crippen LogP contribution >= 0.6 is 0 Å². The molecule has 0 radical (unpaired) electrons. The van der Waals surface area contributed by atoms with Gasteiger partial charge in [0.2, 0.25) is 5.91 Å². The van der Waals surface area contributed by atoms with E-state index in [-0.39, 0.29) is 12.5 Å². The van der Waals surface area contributed by atoms with E-state index in [4.69, 9.17) is 9.47 Å². The number of aliphatic hydroxyl groups is 5. The zero-order chi connectivity index (χ0) is 55.0. The minimum absolute atomic E-state index is 0.134. The van der Waals surface area contributed by atoms with Gasteiger partial charge >= 0.3 is 0 Å². The number of aliphatic hydroxyl groups excluding tert-OH is 5. The van der Waals surface area contributed by atoms with Crippen molar-refractivity contribution in [3.63, 3.8) is 0 Å². The second-order valence-electron chi connectivity index (χ2n) is 23.6. The van der Waals surface area contributed by atoms with Gasteiger partial charge in [-0.1, -0.05) is 314 Å². The fourth-order valence-electron chi connectivity index (χ4n) is 11.0. The van der Waals surface area contributed by atoms with Crippen molar-refractivity contribution in [3.8, 4) is 0 Å². The van der Waals surface area contributed by atoms with Crippen LogP contribution in [-0.2, 0) is 14.3 Å². The van der Waals surface area contributed by atoms with Gasteiger partial charge in [0, 0.05) is 6.42 Å². The quantitative estimate of drug-likeness (QED) is 0.0261. The molecule has 0 aromatic carbocycles. The summed E-state index contributed by atoms with van der Waals surface area (Å²) in [7, 11) is 0. The van der Waals surface area contributed by atoms with E-state index in [0.29, 0.717) is 12.8 Å². The Bertz CT molecular complexity index is 1250. The highest BCUT2D eigenvalue weighted by atomic mass is 16.7. The average Bonchev–Trinajstić information content (AvgIpc) is 3.42. The molecule has 1 fully saturated rings. The fourth-order valence-corrected chi connectivity index (χ4v) is 11.0. The highest BCUT2D eigenvalue weighted by Gasteiger charge is 2.44. The van der Waals surface area contributed by atoms with Crippen molar-refractivity contribution in [1.82, 2.24) is 5.32 Å². The normalized spacial score (nSPS) is 18.9. The van der Waals surface area contributed by atoms with Gasteiger partial charge in [0.1, 0.15) is 24.4 Å². The zero-order valence-electron chi connectivity index (χ0n) is 50.3. The number of nitrogens with one attached hydrogen (secondary N) is 1. The fraction of sp³-hybridized carbons (Fsp3) is 0.925. The lowest BCUT2D eigenvalue weighted by atomic mass is 9.99. The van der Waals surface area contributed by atoms with Gasteiger partial charge in [-0.2, -0.15) is 0 Å². The summed E-state index contributed by atoms with van der Waals surface area (Å²) in [5.74, 6) is -0.138. The van der Waals surface area contributed by atoms with E-state index in [0.717, 1.165) is 44.9 Å². The SMILES string of the molecule is CCCCCCCCCCC/C=C\C/C=C\CCCCCCCCCCCCCCCCCC(=O)NC(COC1OC(CO)C(O)C(O)C1O)C(O)CCCCCCCCCCCCCCCCCCCCCCCC. The van der Waals surface area contributed by atoms with E-state index >= 15 is 0 Å². The molecule has 1 heterocycles. The topological polar surface area (TPSA) is 149 Å². The maximum atomic E-state index is 13.1. The monoisotopic (exact) mass is 1080 g/mol. The Hall–Kier alpha value is -1.33. The van der Waals surface area contributed by atoms with Crippen LogP contribution < -0.4 is 5.32 Å². The Kier molecular flexibility index (Phi) is 54.4. The number of hydrogen-bond donors (Lipinski definition) is 6. The summed E-state index contributed by atoms with van der Waals surface area (Å²) in [6, 6.07) is -0.718. The first-order chi connectivity index (χ1) is 37.3. The maximum Gasteiger partial charge on any atom is 0.220 e. The summed E-state index contributed by atoms with van der Waals surface area (Å²) in [4.78, 5) is 13.1.